The number of carbonyl (C=O) groups is 3. The van der Waals surface area contributed by atoms with E-state index in [-0.39, 0.29) is 32.0 Å². The predicted octanol–water partition coefficient (Wildman–Crippen LogP) is 5.87. The molecule has 204 valence electrons. The first-order valence-electron chi connectivity index (χ1n) is 13.7. The number of carbonyl (C=O) groups excluding carboxylic acids is 3. The fraction of sp³-hybridized carbons (Fsp3) is 0.690. The van der Waals surface area contributed by atoms with Gasteiger partial charge in [-0.15, -0.1) is 0 Å². The number of hydrogen-bond acceptors (Lipinski definition) is 6. The molecule has 7 nitrogen and oxygen atoms in total. The molecule has 0 spiro atoms. The van der Waals surface area contributed by atoms with Crippen LogP contribution in [0.1, 0.15) is 97.0 Å². The Morgan fingerprint density at radius 2 is 1.33 bits per heavy atom. The van der Waals surface area contributed by atoms with E-state index in [4.69, 9.17) is 14.2 Å². The molecule has 0 fully saturated rings. The van der Waals surface area contributed by atoms with Crippen molar-refractivity contribution in [3.63, 3.8) is 0 Å². The molecule has 0 N–H and O–H groups in total. The van der Waals surface area contributed by atoms with Gasteiger partial charge in [-0.2, -0.15) is 0 Å². The van der Waals surface area contributed by atoms with Gasteiger partial charge in [0.1, 0.15) is 11.8 Å². The fourth-order valence-electron chi connectivity index (χ4n) is 3.95. The summed E-state index contributed by atoms with van der Waals surface area (Å²) in [5, 5.41) is 0. The summed E-state index contributed by atoms with van der Waals surface area (Å²) in [6, 6.07) is 6.41. The molecule has 1 unspecified atom stereocenters. The normalized spacial score (nSPS) is 11.6. The number of unbranched alkanes of at least 4 members (excludes halogenated alkanes) is 9. The van der Waals surface area contributed by atoms with Gasteiger partial charge in [0, 0.05) is 7.05 Å². The molecule has 0 radical (unpaired) electrons. The maximum atomic E-state index is 12.8. The Hall–Kier alpha value is -2.57. The van der Waals surface area contributed by atoms with Gasteiger partial charge >= 0.3 is 11.9 Å². The molecule has 0 aliphatic heterocycles. The second-order valence-corrected chi connectivity index (χ2v) is 9.13. The van der Waals surface area contributed by atoms with Crippen molar-refractivity contribution in [2.75, 3.05) is 26.9 Å². The quantitative estimate of drug-likeness (QED) is 0.163. The molecule has 1 amide bonds. The molecule has 0 aliphatic rings. The van der Waals surface area contributed by atoms with E-state index in [2.05, 4.69) is 6.92 Å². The molecule has 1 rings (SSSR count). The number of rotatable bonds is 20. The summed E-state index contributed by atoms with van der Waals surface area (Å²) in [5.74, 6) is -0.658. The zero-order valence-electron chi connectivity index (χ0n) is 22.9. The van der Waals surface area contributed by atoms with Crippen LogP contribution in [-0.2, 0) is 30.3 Å². The Labute approximate surface area is 217 Å². The van der Waals surface area contributed by atoms with Crippen LogP contribution in [0.3, 0.4) is 0 Å². The minimum Gasteiger partial charge on any atom is -0.494 e. The fourth-order valence-corrected chi connectivity index (χ4v) is 3.95. The van der Waals surface area contributed by atoms with Crippen LogP contribution in [0.25, 0.3) is 0 Å². The lowest BCUT2D eigenvalue weighted by atomic mass is 10.1. The predicted molar refractivity (Wildman–Crippen MR) is 142 cm³/mol. The largest absolute Gasteiger partial charge is 0.494 e. The van der Waals surface area contributed by atoms with Crippen LogP contribution >= 0.6 is 0 Å². The Kier molecular flexibility index (Phi) is 17.1. The Bertz CT molecular complexity index is 749. The maximum absolute atomic E-state index is 12.8. The van der Waals surface area contributed by atoms with E-state index >= 15 is 0 Å². The van der Waals surface area contributed by atoms with E-state index in [1.165, 1.54) is 69.7 Å². The maximum Gasteiger partial charge on any atom is 0.329 e. The number of esters is 2. The van der Waals surface area contributed by atoms with E-state index in [0.717, 1.165) is 17.7 Å². The van der Waals surface area contributed by atoms with Crippen LogP contribution in [0, 0.1) is 0 Å². The molecule has 0 aliphatic carbocycles. The first-order valence-corrected chi connectivity index (χ1v) is 13.7. The Morgan fingerprint density at radius 1 is 0.778 bits per heavy atom. The molecule has 1 atom stereocenters. The van der Waals surface area contributed by atoms with Crippen LogP contribution in [0.15, 0.2) is 24.3 Å². The number of benzene rings is 1. The molecule has 0 bridgehead atoms. The lowest BCUT2D eigenvalue weighted by molar-refractivity contribution is -0.158. The van der Waals surface area contributed by atoms with Crippen molar-refractivity contribution in [3.8, 4) is 5.75 Å². The second kappa shape index (κ2) is 19.6. The van der Waals surface area contributed by atoms with Crippen LogP contribution < -0.4 is 4.74 Å². The lowest BCUT2D eigenvalue weighted by Crippen LogP contribution is -2.45. The average Bonchev–Trinajstić information content (AvgIpc) is 2.86. The molecular formula is C29H47NO6. The van der Waals surface area contributed by atoms with Gasteiger partial charge in [0.05, 0.1) is 32.7 Å². The monoisotopic (exact) mass is 505 g/mol. The van der Waals surface area contributed by atoms with Crippen molar-refractivity contribution in [1.29, 1.82) is 0 Å². The van der Waals surface area contributed by atoms with E-state index < -0.39 is 18.0 Å². The standard InChI is InChI=1S/C29H47NO6/c1-5-8-9-10-11-12-13-14-15-16-21-36-25-19-17-24(18-20-25)22-27(31)30(4)26(29(33)35-7-3)23-28(32)34-6-2/h17-20,26H,5-16,21-23H2,1-4H3. The Balaban J connectivity index is 2.39. The third kappa shape index (κ3) is 13.5. The molecule has 0 aromatic heterocycles. The molecule has 0 saturated heterocycles. The summed E-state index contributed by atoms with van der Waals surface area (Å²) < 4.78 is 15.8. The third-order valence-electron chi connectivity index (χ3n) is 6.13. The molecule has 0 saturated carbocycles. The van der Waals surface area contributed by atoms with Gasteiger partial charge in [-0.3, -0.25) is 9.59 Å². The van der Waals surface area contributed by atoms with Crippen LogP contribution in [0.5, 0.6) is 5.75 Å². The topological polar surface area (TPSA) is 82.1 Å². The molecule has 36 heavy (non-hydrogen) atoms. The zero-order valence-corrected chi connectivity index (χ0v) is 22.9. The number of hydrogen-bond donors (Lipinski definition) is 0. The highest BCUT2D eigenvalue weighted by Gasteiger charge is 2.31. The molecular weight excluding hydrogens is 458 g/mol. The summed E-state index contributed by atoms with van der Waals surface area (Å²) in [6.45, 7) is 6.68. The van der Waals surface area contributed by atoms with E-state index in [1.54, 1.807) is 13.8 Å². The highest BCUT2D eigenvalue weighted by Crippen LogP contribution is 2.16. The summed E-state index contributed by atoms with van der Waals surface area (Å²) in [6.07, 6.45) is 12.7. The highest BCUT2D eigenvalue weighted by atomic mass is 16.5. The minimum atomic E-state index is -1.01. The first kappa shape index (κ1) is 31.5. The number of nitrogens with zero attached hydrogens (tertiary/aromatic N) is 1. The van der Waals surface area contributed by atoms with Crippen LogP contribution in [0.2, 0.25) is 0 Å². The van der Waals surface area contributed by atoms with Gasteiger partial charge in [0.15, 0.2) is 0 Å². The summed E-state index contributed by atoms with van der Waals surface area (Å²) in [5.41, 5.74) is 0.803. The van der Waals surface area contributed by atoms with Crippen molar-refractivity contribution >= 4 is 17.8 Å². The molecule has 1 aromatic carbocycles. The first-order chi connectivity index (χ1) is 17.4. The third-order valence-corrected chi connectivity index (χ3v) is 6.13. The van der Waals surface area contributed by atoms with E-state index in [0.29, 0.717) is 6.61 Å². The summed E-state index contributed by atoms with van der Waals surface area (Å²) in [4.78, 5) is 38.3. The molecule has 1 aromatic rings. The number of likely N-dealkylation sites (N-methyl/N-ethyl adjacent to an activating group) is 1. The number of ether oxygens (including phenoxy) is 3. The van der Waals surface area contributed by atoms with Crippen molar-refractivity contribution in [2.45, 2.75) is 104 Å². The van der Waals surface area contributed by atoms with Crippen LogP contribution in [0.4, 0.5) is 0 Å². The number of amides is 1. The van der Waals surface area contributed by atoms with Crippen molar-refractivity contribution in [3.05, 3.63) is 29.8 Å². The highest BCUT2D eigenvalue weighted by molar-refractivity contribution is 5.88. The van der Waals surface area contributed by atoms with Crippen molar-refractivity contribution < 1.29 is 28.6 Å². The second-order valence-electron chi connectivity index (χ2n) is 9.13. The SMILES string of the molecule is CCCCCCCCCCCCOc1ccc(CC(=O)N(C)C(CC(=O)OCC)C(=O)OCC)cc1. The molecule has 7 heteroatoms. The van der Waals surface area contributed by atoms with E-state index in [1.807, 2.05) is 24.3 Å². The van der Waals surface area contributed by atoms with Gasteiger partial charge < -0.3 is 19.1 Å². The van der Waals surface area contributed by atoms with Gasteiger partial charge in [-0.25, -0.2) is 4.79 Å². The minimum absolute atomic E-state index is 0.105. The lowest BCUT2D eigenvalue weighted by Gasteiger charge is -2.26. The van der Waals surface area contributed by atoms with Gasteiger partial charge in [-0.05, 0) is 38.0 Å². The van der Waals surface area contributed by atoms with Gasteiger partial charge in [-0.1, -0.05) is 76.8 Å². The summed E-state index contributed by atoms with van der Waals surface area (Å²) >= 11 is 0. The van der Waals surface area contributed by atoms with Gasteiger partial charge in [0.25, 0.3) is 0 Å². The van der Waals surface area contributed by atoms with Crippen molar-refractivity contribution in [1.82, 2.24) is 4.90 Å². The molecule has 0 heterocycles. The average molecular weight is 506 g/mol. The Morgan fingerprint density at radius 3 is 1.89 bits per heavy atom. The summed E-state index contributed by atoms with van der Waals surface area (Å²) in [7, 11) is 1.51. The smallest absolute Gasteiger partial charge is 0.329 e. The van der Waals surface area contributed by atoms with Crippen LogP contribution in [-0.4, -0.2) is 55.7 Å². The zero-order chi connectivity index (χ0) is 26.6. The van der Waals surface area contributed by atoms with E-state index in [9.17, 15) is 14.4 Å². The van der Waals surface area contributed by atoms with Crippen molar-refractivity contribution in [2.24, 2.45) is 0 Å². The van der Waals surface area contributed by atoms with Gasteiger partial charge in [0.2, 0.25) is 5.91 Å².